The molecule has 0 aromatic heterocycles. The minimum absolute atomic E-state index is 0.329. The molecule has 0 spiro atoms. The van der Waals surface area contributed by atoms with E-state index in [0.29, 0.717) is 11.5 Å². The summed E-state index contributed by atoms with van der Waals surface area (Å²) in [5.41, 5.74) is 1.27. The van der Waals surface area contributed by atoms with E-state index < -0.39 is 5.97 Å². The van der Waals surface area contributed by atoms with Crippen molar-refractivity contribution in [3.05, 3.63) is 35.4 Å². The van der Waals surface area contributed by atoms with Crippen molar-refractivity contribution in [2.24, 2.45) is 29.6 Å². The van der Waals surface area contributed by atoms with Gasteiger partial charge in [0.2, 0.25) is 0 Å². The molecule has 108 valence electrons. The third-order valence-electron chi connectivity index (χ3n) is 5.74. The highest BCUT2D eigenvalue weighted by Crippen LogP contribution is 2.56. The maximum atomic E-state index is 10.8. The first-order valence-electron chi connectivity index (χ1n) is 8.04. The zero-order chi connectivity index (χ0) is 14.4. The van der Waals surface area contributed by atoms with E-state index in [1.807, 2.05) is 12.1 Å². The van der Waals surface area contributed by atoms with Crippen LogP contribution in [0, 0.1) is 41.4 Å². The summed E-state index contributed by atoms with van der Waals surface area (Å²) >= 11 is 0. The molecule has 1 aromatic rings. The number of carbonyl (C=O) groups is 1. The summed E-state index contributed by atoms with van der Waals surface area (Å²) in [5.74, 6) is 10.2. The van der Waals surface area contributed by atoms with Gasteiger partial charge in [-0.15, -0.1) is 0 Å². The van der Waals surface area contributed by atoms with Crippen LogP contribution in [0.3, 0.4) is 0 Å². The predicted octanol–water partition coefficient (Wildman–Crippen LogP) is 3.81. The average molecular weight is 280 g/mol. The first kappa shape index (κ1) is 13.0. The van der Waals surface area contributed by atoms with E-state index in [1.54, 1.807) is 12.1 Å². The van der Waals surface area contributed by atoms with Crippen LogP contribution >= 0.6 is 0 Å². The van der Waals surface area contributed by atoms with Crippen molar-refractivity contribution in [2.75, 3.05) is 0 Å². The minimum atomic E-state index is -0.879. The van der Waals surface area contributed by atoms with E-state index in [2.05, 4.69) is 11.8 Å². The molecule has 1 N–H and O–H groups in total. The maximum Gasteiger partial charge on any atom is 0.335 e. The Bertz CT molecular complexity index is 589. The van der Waals surface area contributed by atoms with Crippen molar-refractivity contribution in [3.63, 3.8) is 0 Å². The lowest BCUT2D eigenvalue weighted by Gasteiger charge is -2.52. The lowest BCUT2D eigenvalue weighted by Crippen LogP contribution is -2.44. The molecule has 5 rings (SSSR count). The first-order valence-corrected chi connectivity index (χ1v) is 8.04. The third-order valence-corrected chi connectivity index (χ3v) is 5.74. The molecule has 4 aliphatic rings. The van der Waals surface area contributed by atoms with Gasteiger partial charge >= 0.3 is 5.97 Å². The summed E-state index contributed by atoms with van der Waals surface area (Å²) < 4.78 is 0. The molecule has 21 heavy (non-hydrogen) atoms. The van der Waals surface area contributed by atoms with Crippen LogP contribution < -0.4 is 0 Å². The summed E-state index contributed by atoms with van der Waals surface area (Å²) in [6, 6.07) is 6.94. The van der Waals surface area contributed by atoms with E-state index >= 15 is 0 Å². The van der Waals surface area contributed by atoms with Crippen molar-refractivity contribution >= 4 is 5.97 Å². The van der Waals surface area contributed by atoms with Gasteiger partial charge in [0.1, 0.15) is 0 Å². The monoisotopic (exact) mass is 280 g/mol. The predicted molar refractivity (Wildman–Crippen MR) is 80.8 cm³/mol. The highest BCUT2D eigenvalue weighted by Gasteiger charge is 2.47. The molecule has 0 amide bonds. The minimum Gasteiger partial charge on any atom is -0.478 e. The Hall–Kier alpha value is -1.75. The van der Waals surface area contributed by atoms with Gasteiger partial charge in [0.05, 0.1) is 5.56 Å². The van der Waals surface area contributed by atoms with Crippen molar-refractivity contribution in [1.82, 2.24) is 0 Å². The normalized spacial score (nSPS) is 36.1. The topological polar surface area (TPSA) is 37.3 Å². The van der Waals surface area contributed by atoms with Crippen LogP contribution in [0.2, 0.25) is 0 Å². The molecule has 0 radical (unpaired) electrons. The fourth-order valence-corrected chi connectivity index (χ4v) is 5.02. The number of benzene rings is 1. The van der Waals surface area contributed by atoms with Crippen LogP contribution in [0.15, 0.2) is 24.3 Å². The Morgan fingerprint density at radius 2 is 1.52 bits per heavy atom. The number of hydrogen-bond acceptors (Lipinski definition) is 1. The number of rotatable bonds is 1. The Balaban J connectivity index is 1.52. The summed E-state index contributed by atoms with van der Waals surface area (Å²) in [6.45, 7) is 0. The molecular formula is C19H20O2. The van der Waals surface area contributed by atoms with Gasteiger partial charge in [-0.3, -0.25) is 0 Å². The van der Waals surface area contributed by atoms with Crippen LogP contribution in [0.1, 0.15) is 48.0 Å². The molecule has 4 bridgehead atoms. The van der Waals surface area contributed by atoms with Crippen molar-refractivity contribution in [1.29, 1.82) is 0 Å². The highest BCUT2D eigenvalue weighted by atomic mass is 16.4. The second kappa shape index (κ2) is 4.91. The van der Waals surface area contributed by atoms with E-state index in [-0.39, 0.29) is 0 Å². The van der Waals surface area contributed by atoms with Gasteiger partial charge in [-0.25, -0.2) is 4.79 Å². The molecule has 4 aliphatic carbocycles. The van der Waals surface area contributed by atoms with E-state index in [1.165, 1.54) is 32.1 Å². The zero-order valence-electron chi connectivity index (χ0n) is 12.1. The quantitative estimate of drug-likeness (QED) is 0.794. The molecule has 2 nitrogen and oxygen atoms in total. The molecular weight excluding hydrogens is 260 g/mol. The summed E-state index contributed by atoms with van der Waals surface area (Å²) in [4.78, 5) is 10.8. The largest absolute Gasteiger partial charge is 0.478 e. The van der Waals surface area contributed by atoms with Crippen LogP contribution in [0.4, 0.5) is 0 Å². The van der Waals surface area contributed by atoms with Gasteiger partial charge in [-0.2, -0.15) is 0 Å². The molecule has 1 aromatic carbocycles. The fraction of sp³-hybridized carbons (Fsp3) is 0.526. The zero-order valence-corrected chi connectivity index (χ0v) is 12.1. The summed E-state index contributed by atoms with van der Waals surface area (Å²) in [5, 5.41) is 8.91. The highest BCUT2D eigenvalue weighted by molar-refractivity contribution is 5.87. The maximum absolute atomic E-state index is 10.8. The lowest BCUT2D eigenvalue weighted by atomic mass is 9.52. The van der Waals surface area contributed by atoms with Gasteiger partial charge in [0.15, 0.2) is 0 Å². The Kier molecular flexibility index (Phi) is 3.03. The van der Waals surface area contributed by atoms with Crippen molar-refractivity contribution in [2.45, 2.75) is 32.1 Å². The number of aromatic carboxylic acids is 1. The smallest absolute Gasteiger partial charge is 0.335 e. The number of hydrogen-bond donors (Lipinski definition) is 1. The lowest BCUT2D eigenvalue weighted by molar-refractivity contribution is -0.0122. The van der Waals surface area contributed by atoms with E-state index in [0.717, 1.165) is 29.2 Å². The van der Waals surface area contributed by atoms with Crippen LogP contribution in [-0.4, -0.2) is 11.1 Å². The molecule has 4 saturated carbocycles. The first-order chi connectivity index (χ1) is 10.2. The summed E-state index contributed by atoms with van der Waals surface area (Å²) in [6.07, 6.45) is 7.05. The Morgan fingerprint density at radius 1 is 0.952 bits per heavy atom. The molecule has 0 saturated heterocycles. The molecule has 2 heteroatoms. The van der Waals surface area contributed by atoms with Crippen LogP contribution in [0.5, 0.6) is 0 Å². The Morgan fingerprint density at radius 3 is 2.05 bits per heavy atom. The molecule has 0 atom stereocenters. The second-order valence-corrected chi connectivity index (χ2v) is 7.11. The fourth-order valence-electron chi connectivity index (χ4n) is 5.02. The summed E-state index contributed by atoms with van der Waals surface area (Å²) in [7, 11) is 0. The van der Waals surface area contributed by atoms with Crippen molar-refractivity contribution in [3.8, 4) is 11.8 Å². The van der Waals surface area contributed by atoms with E-state index in [9.17, 15) is 4.79 Å². The average Bonchev–Trinajstić information content (AvgIpc) is 2.46. The Labute approximate surface area is 125 Å². The van der Waals surface area contributed by atoms with E-state index in [4.69, 9.17) is 5.11 Å². The van der Waals surface area contributed by atoms with Crippen LogP contribution in [0.25, 0.3) is 0 Å². The number of carboxylic acids is 1. The van der Waals surface area contributed by atoms with Gasteiger partial charge in [-0.05, 0) is 80.0 Å². The number of carboxylic acid groups (broad SMARTS) is 1. The molecule has 4 fully saturated rings. The van der Waals surface area contributed by atoms with Gasteiger partial charge in [0, 0.05) is 11.5 Å². The molecule has 0 aliphatic heterocycles. The standard InChI is InChI=1S/C19H20O2/c20-19(21)15-4-1-12(2-5-15)3-6-18-16-8-13-7-14(10-16)11-17(18)9-13/h1-2,4-5,13-14,16-18H,7-11H2,(H,20,21). The SMILES string of the molecule is O=C(O)c1ccc(C#CC2C3CC4CC(C3)CC2C4)cc1. The third kappa shape index (κ3) is 2.35. The second-order valence-electron chi connectivity index (χ2n) is 7.11. The van der Waals surface area contributed by atoms with Gasteiger partial charge < -0.3 is 5.11 Å². The van der Waals surface area contributed by atoms with Crippen LogP contribution in [-0.2, 0) is 0 Å². The molecule has 0 heterocycles. The van der Waals surface area contributed by atoms with Gasteiger partial charge in [-0.1, -0.05) is 11.8 Å². The molecule has 0 unspecified atom stereocenters. The van der Waals surface area contributed by atoms with Gasteiger partial charge in [0.25, 0.3) is 0 Å². The van der Waals surface area contributed by atoms with Crippen molar-refractivity contribution < 1.29 is 9.90 Å².